The molecule has 2 aromatic rings. The van der Waals surface area contributed by atoms with Gasteiger partial charge in [-0.3, -0.25) is 4.79 Å². The summed E-state index contributed by atoms with van der Waals surface area (Å²) in [5, 5.41) is 2.71. The molecular formula is C21H26N2O6S. The number of methoxy groups -OCH3 is 2. The summed E-state index contributed by atoms with van der Waals surface area (Å²) in [7, 11) is -0.505. The van der Waals surface area contributed by atoms with Gasteiger partial charge in [-0.05, 0) is 49.2 Å². The molecule has 1 fully saturated rings. The number of benzene rings is 2. The van der Waals surface area contributed by atoms with Crippen LogP contribution in [0.2, 0.25) is 0 Å². The lowest BCUT2D eigenvalue weighted by atomic mass is 10.2. The van der Waals surface area contributed by atoms with E-state index in [1.807, 2.05) is 0 Å². The highest BCUT2D eigenvalue weighted by Gasteiger charge is 2.22. The van der Waals surface area contributed by atoms with E-state index >= 15 is 0 Å². The topological polar surface area (TPSA) is 103 Å². The summed E-state index contributed by atoms with van der Waals surface area (Å²) in [5.74, 6) is 1.10. The van der Waals surface area contributed by atoms with Gasteiger partial charge in [-0.25, -0.2) is 13.1 Å². The van der Waals surface area contributed by atoms with Gasteiger partial charge < -0.3 is 19.5 Å². The zero-order valence-electron chi connectivity index (χ0n) is 17.0. The molecular weight excluding hydrogens is 408 g/mol. The highest BCUT2D eigenvalue weighted by Crippen LogP contribution is 2.29. The average Bonchev–Trinajstić information content (AvgIpc) is 3.24. The molecule has 0 radical (unpaired) electrons. The van der Waals surface area contributed by atoms with Crippen molar-refractivity contribution in [1.29, 1.82) is 0 Å². The van der Waals surface area contributed by atoms with Crippen molar-refractivity contribution in [3.8, 4) is 17.2 Å². The van der Waals surface area contributed by atoms with Crippen LogP contribution in [0.1, 0.15) is 25.7 Å². The Morgan fingerprint density at radius 3 is 2.30 bits per heavy atom. The van der Waals surface area contributed by atoms with Gasteiger partial charge in [0.25, 0.3) is 5.91 Å². The quantitative estimate of drug-likeness (QED) is 0.629. The van der Waals surface area contributed by atoms with Gasteiger partial charge in [-0.15, -0.1) is 0 Å². The number of sulfonamides is 1. The van der Waals surface area contributed by atoms with E-state index in [0.717, 1.165) is 25.7 Å². The van der Waals surface area contributed by atoms with Crippen LogP contribution in [0.4, 0.5) is 5.69 Å². The van der Waals surface area contributed by atoms with E-state index in [1.54, 1.807) is 18.2 Å². The van der Waals surface area contributed by atoms with Crippen LogP contribution in [0.15, 0.2) is 47.4 Å². The average molecular weight is 435 g/mol. The Morgan fingerprint density at radius 1 is 1.00 bits per heavy atom. The number of amides is 1. The van der Waals surface area contributed by atoms with Crippen molar-refractivity contribution >= 4 is 21.6 Å². The number of hydrogen-bond donors (Lipinski definition) is 2. The maximum absolute atomic E-state index is 12.4. The van der Waals surface area contributed by atoms with Gasteiger partial charge in [0.15, 0.2) is 18.1 Å². The van der Waals surface area contributed by atoms with Gasteiger partial charge in [0, 0.05) is 17.8 Å². The molecule has 9 heteroatoms. The summed E-state index contributed by atoms with van der Waals surface area (Å²) in [5.41, 5.74) is 0.542. The molecule has 0 spiro atoms. The molecule has 30 heavy (non-hydrogen) atoms. The molecule has 1 aliphatic rings. The molecule has 0 aromatic heterocycles. The highest BCUT2D eigenvalue weighted by atomic mass is 32.2. The van der Waals surface area contributed by atoms with Gasteiger partial charge in [-0.2, -0.15) is 0 Å². The van der Waals surface area contributed by atoms with Crippen LogP contribution in [-0.4, -0.2) is 41.2 Å². The molecule has 0 aliphatic heterocycles. The first kappa shape index (κ1) is 21.9. The molecule has 0 bridgehead atoms. The van der Waals surface area contributed by atoms with Gasteiger partial charge in [0.2, 0.25) is 10.0 Å². The minimum absolute atomic E-state index is 0.00574. The van der Waals surface area contributed by atoms with Crippen LogP contribution in [-0.2, 0) is 14.8 Å². The Bertz CT molecular complexity index is 969. The molecule has 162 valence electrons. The third-order valence-electron chi connectivity index (χ3n) is 4.85. The first-order valence-corrected chi connectivity index (χ1v) is 11.2. The lowest BCUT2D eigenvalue weighted by Gasteiger charge is -2.13. The second kappa shape index (κ2) is 9.82. The van der Waals surface area contributed by atoms with Crippen LogP contribution in [0, 0.1) is 0 Å². The fourth-order valence-electron chi connectivity index (χ4n) is 3.31. The lowest BCUT2D eigenvalue weighted by molar-refractivity contribution is -0.118. The monoisotopic (exact) mass is 434 g/mol. The van der Waals surface area contributed by atoms with Crippen molar-refractivity contribution in [2.45, 2.75) is 36.6 Å². The van der Waals surface area contributed by atoms with E-state index in [0.29, 0.717) is 22.9 Å². The summed E-state index contributed by atoms with van der Waals surface area (Å²) in [4.78, 5) is 12.3. The predicted octanol–water partition coefficient (Wildman–Crippen LogP) is 2.94. The molecule has 8 nitrogen and oxygen atoms in total. The minimum Gasteiger partial charge on any atom is -0.493 e. The summed E-state index contributed by atoms with van der Waals surface area (Å²) < 4.78 is 43.4. The Labute approximate surface area is 176 Å². The van der Waals surface area contributed by atoms with Gasteiger partial charge in [0.05, 0.1) is 19.1 Å². The van der Waals surface area contributed by atoms with Crippen LogP contribution in [0.5, 0.6) is 17.2 Å². The number of anilines is 1. The Balaban J connectivity index is 1.54. The summed E-state index contributed by atoms with van der Waals surface area (Å²) in [6, 6.07) is 11.0. The molecule has 3 rings (SSSR count). The van der Waals surface area contributed by atoms with E-state index in [1.165, 1.54) is 38.5 Å². The fraction of sp³-hybridized carbons (Fsp3) is 0.381. The standard InChI is InChI=1S/C21H26N2O6S/c1-27-19-12-7-16(13-20(19)28-2)22-21(24)14-29-17-8-10-18(11-9-17)30(25,26)23-15-5-3-4-6-15/h7-13,15,23H,3-6,14H2,1-2H3,(H,22,24). The molecule has 2 N–H and O–H groups in total. The number of nitrogens with one attached hydrogen (secondary N) is 2. The predicted molar refractivity (Wildman–Crippen MR) is 113 cm³/mol. The normalized spacial score (nSPS) is 14.3. The molecule has 0 saturated heterocycles. The number of carbonyl (C=O) groups excluding carboxylic acids is 1. The van der Waals surface area contributed by atoms with Crippen LogP contribution < -0.4 is 24.2 Å². The van der Waals surface area contributed by atoms with Gasteiger partial charge >= 0.3 is 0 Å². The third-order valence-corrected chi connectivity index (χ3v) is 6.38. The zero-order chi connectivity index (χ0) is 21.6. The van der Waals surface area contributed by atoms with Crippen molar-refractivity contribution in [1.82, 2.24) is 4.72 Å². The number of carbonyl (C=O) groups is 1. The van der Waals surface area contributed by atoms with Crippen molar-refractivity contribution < 1.29 is 27.4 Å². The van der Waals surface area contributed by atoms with Crippen molar-refractivity contribution in [3.05, 3.63) is 42.5 Å². The molecule has 2 aromatic carbocycles. The fourth-order valence-corrected chi connectivity index (χ4v) is 4.61. The SMILES string of the molecule is COc1ccc(NC(=O)COc2ccc(S(=O)(=O)NC3CCCC3)cc2)cc1OC. The smallest absolute Gasteiger partial charge is 0.262 e. The maximum atomic E-state index is 12.4. The molecule has 0 heterocycles. The Morgan fingerprint density at radius 2 is 1.67 bits per heavy atom. The van der Waals surface area contributed by atoms with Crippen LogP contribution >= 0.6 is 0 Å². The second-order valence-electron chi connectivity index (χ2n) is 6.98. The number of rotatable bonds is 9. The molecule has 1 amide bonds. The largest absolute Gasteiger partial charge is 0.493 e. The zero-order valence-corrected chi connectivity index (χ0v) is 17.8. The molecule has 1 aliphatic carbocycles. The van der Waals surface area contributed by atoms with E-state index in [-0.39, 0.29) is 23.5 Å². The highest BCUT2D eigenvalue weighted by molar-refractivity contribution is 7.89. The number of ether oxygens (including phenoxy) is 3. The van der Waals surface area contributed by atoms with Gasteiger partial charge in [-0.1, -0.05) is 12.8 Å². The lowest BCUT2D eigenvalue weighted by Crippen LogP contribution is -2.32. The summed E-state index contributed by atoms with van der Waals surface area (Å²) in [6.07, 6.45) is 3.84. The van der Waals surface area contributed by atoms with Crippen LogP contribution in [0.25, 0.3) is 0 Å². The van der Waals surface area contributed by atoms with Crippen LogP contribution in [0.3, 0.4) is 0 Å². The van der Waals surface area contributed by atoms with E-state index < -0.39 is 10.0 Å². The Kier molecular flexibility index (Phi) is 7.17. The van der Waals surface area contributed by atoms with E-state index in [4.69, 9.17) is 14.2 Å². The molecule has 1 saturated carbocycles. The third kappa shape index (κ3) is 5.64. The molecule has 0 unspecified atom stereocenters. The summed E-state index contributed by atoms with van der Waals surface area (Å²) >= 11 is 0. The minimum atomic E-state index is -3.55. The first-order valence-electron chi connectivity index (χ1n) is 9.68. The van der Waals surface area contributed by atoms with Crippen molar-refractivity contribution in [2.75, 3.05) is 26.1 Å². The van der Waals surface area contributed by atoms with Gasteiger partial charge in [0.1, 0.15) is 5.75 Å². The number of hydrogen-bond acceptors (Lipinski definition) is 6. The second-order valence-corrected chi connectivity index (χ2v) is 8.69. The molecule has 0 atom stereocenters. The van der Waals surface area contributed by atoms with Crippen molar-refractivity contribution in [3.63, 3.8) is 0 Å². The van der Waals surface area contributed by atoms with E-state index in [2.05, 4.69) is 10.0 Å². The van der Waals surface area contributed by atoms with Crippen molar-refractivity contribution in [2.24, 2.45) is 0 Å². The Hall–Kier alpha value is -2.78. The summed E-state index contributed by atoms with van der Waals surface area (Å²) in [6.45, 7) is -0.221. The first-order chi connectivity index (χ1) is 14.4. The maximum Gasteiger partial charge on any atom is 0.262 e. The van der Waals surface area contributed by atoms with E-state index in [9.17, 15) is 13.2 Å².